The minimum absolute atomic E-state index is 0.286. The van der Waals surface area contributed by atoms with Crippen LogP contribution < -0.4 is 10.1 Å². The number of aromatic amines is 1. The Morgan fingerprint density at radius 1 is 1.04 bits per heavy atom. The minimum Gasteiger partial charge on any atom is -0.463 e. The van der Waals surface area contributed by atoms with Crippen LogP contribution in [0.25, 0.3) is 11.5 Å². The zero-order valence-corrected chi connectivity index (χ0v) is 13.5. The maximum Gasteiger partial charge on any atom is 0.259 e. The number of ether oxygens (including phenoxy) is 1. The number of carbonyl (C=O) groups excluding carboxylic acids is 1. The topological polar surface area (TPSA) is 93.0 Å². The number of benzene rings is 1. The van der Waals surface area contributed by atoms with Crippen LogP contribution >= 0.6 is 0 Å². The van der Waals surface area contributed by atoms with Crippen molar-refractivity contribution in [3.8, 4) is 23.0 Å². The standard InChI is InChI=1S/C19H14N4O3/c24-19(16-12-21-23-18(16)17-4-2-10-25-17)22-13-5-7-14(8-6-13)26-15-3-1-9-20-11-15/h1-12H,(H,21,23)(H,22,24). The number of amides is 1. The molecule has 0 unspecified atom stereocenters. The SMILES string of the molecule is O=C(Nc1ccc(Oc2cccnc2)cc1)c1cn[nH]c1-c1ccco1. The zero-order chi connectivity index (χ0) is 17.8. The number of anilines is 1. The molecule has 1 aromatic carbocycles. The van der Waals surface area contributed by atoms with Gasteiger partial charge in [0.05, 0.1) is 24.2 Å². The van der Waals surface area contributed by atoms with E-state index in [0.29, 0.717) is 34.2 Å². The summed E-state index contributed by atoms with van der Waals surface area (Å²) >= 11 is 0. The molecule has 3 heterocycles. The van der Waals surface area contributed by atoms with Crippen LogP contribution in [0, 0.1) is 0 Å². The van der Waals surface area contributed by atoms with Gasteiger partial charge in [0, 0.05) is 11.9 Å². The van der Waals surface area contributed by atoms with E-state index in [1.54, 1.807) is 61.1 Å². The van der Waals surface area contributed by atoms with Crippen LogP contribution in [-0.4, -0.2) is 21.1 Å². The van der Waals surface area contributed by atoms with Gasteiger partial charge in [-0.1, -0.05) is 0 Å². The molecule has 0 spiro atoms. The summed E-state index contributed by atoms with van der Waals surface area (Å²) in [4.78, 5) is 16.5. The molecule has 0 aliphatic carbocycles. The zero-order valence-electron chi connectivity index (χ0n) is 13.5. The summed E-state index contributed by atoms with van der Waals surface area (Å²) in [6, 6.07) is 14.2. The molecular formula is C19H14N4O3. The number of nitrogens with zero attached hydrogens (tertiary/aromatic N) is 2. The van der Waals surface area contributed by atoms with Crippen LogP contribution in [0.15, 0.2) is 77.8 Å². The summed E-state index contributed by atoms with van der Waals surface area (Å²) in [7, 11) is 0. The van der Waals surface area contributed by atoms with Gasteiger partial charge in [0.1, 0.15) is 17.2 Å². The number of nitrogens with one attached hydrogen (secondary N) is 2. The van der Waals surface area contributed by atoms with Crippen LogP contribution in [0.3, 0.4) is 0 Å². The van der Waals surface area contributed by atoms with Crippen molar-refractivity contribution in [2.45, 2.75) is 0 Å². The molecule has 0 atom stereocenters. The molecular weight excluding hydrogens is 332 g/mol. The number of pyridine rings is 1. The monoisotopic (exact) mass is 346 g/mol. The van der Waals surface area contributed by atoms with E-state index in [1.807, 2.05) is 6.07 Å². The lowest BCUT2D eigenvalue weighted by Gasteiger charge is -2.08. The molecule has 0 radical (unpaired) electrons. The minimum atomic E-state index is -0.286. The van der Waals surface area contributed by atoms with E-state index in [1.165, 1.54) is 6.20 Å². The second kappa shape index (κ2) is 6.94. The lowest BCUT2D eigenvalue weighted by Crippen LogP contribution is -2.12. The fourth-order valence-electron chi connectivity index (χ4n) is 2.42. The third-order valence-corrected chi connectivity index (χ3v) is 3.63. The maximum atomic E-state index is 12.5. The lowest BCUT2D eigenvalue weighted by molar-refractivity contribution is 0.102. The number of H-pyrrole nitrogens is 1. The lowest BCUT2D eigenvalue weighted by atomic mass is 10.2. The number of aromatic nitrogens is 3. The van der Waals surface area contributed by atoms with Gasteiger partial charge in [-0.2, -0.15) is 5.10 Å². The number of furan rings is 1. The average Bonchev–Trinajstić information content (AvgIpc) is 3.35. The van der Waals surface area contributed by atoms with Crippen molar-refractivity contribution in [1.82, 2.24) is 15.2 Å². The van der Waals surface area contributed by atoms with Gasteiger partial charge in [0.15, 0.2) is 5.76 Å². The quantitative estimate of drug-likeness (QED) is 0.567. The fraction of sp³-hybridized carbons (Fsp3) is 0. The van der Waals surface area contributed by atoms with Crippen LogP contribution in [-0.2, 0) is 0 Å². The number of rotatable bonds is 5. The van der Waals surface area contributed by atoms with Crippen molar-refractivity contribution in [3.05, 3.63) is 78.9 Å². The molecule has 1 amide bonds. The molecule has 4 aromatic rings. The van der Waals surface area contributed by atoms with Crippen molar-refractivity contribution in [1.29, 1.82) is 0 Å². The van der Waals surface area contributed by atoms with E-state index in [-0.39, 0.29) is 5.91 Å². The molecule has 7 nitrogen and oxygen atoms in total. The molecule has 7 heteroatoms. The highest BCUT2D eigenvalue weighted by molar-refractivity contribution is 6.07. The molecule has 0 aliphatic rings. The molecule has 0 fully saturated rings. The highest BCUT2D eigenvalue weighted by Gasteiger charge is 2.17. The van der Waals surface area contributed by atoms with Gasteiger partial charge in [0.25, 0.3) is 5.91 Å². The summed E-state index contributed by atoms with van der Waals surface area (Å²) < 4.78 is 11.0. The highest BCUT2D eigenvalue weighted by atomic mass is 16.5. The van der Waals surface area contributed by atoms with Gasteiger partial charge in [-0.3, -0.25) is 14.9 Å². The third kappa shape index (κ3) is 3.32. The Morgan fingerprint density at radius 2 is 1.92 bits per heavy atom. The van der Waals surface area contributed by atoms with Crippen LogP contribution in [0.2, 0.25) is 0 Å². The van der Waals surface area contributed by atoms with Gasteiger partial charge in [-0.25, -0.2) is 0 Å². The van der Waals surface area contributed by atoms with Crippen molar-refractivity contribution in [2.75, 3.05) is 5.32 Å². The Balaban J connectivity index is 1.46. The smallest absolute Gasteiger partial charge is 0.259 e. The van der Waals surface area contributed by atoms with Gasteiger partial charge >= 0.3 is 0 Å². The predicted molar refractivity (Wildman–Crippen MR) is 95.0 cm³/mol. The van der Waals surface area contributed by atoms with Gasteiger partial charge in [-0.15, -0.1) is 0 Å². The van der Waals surface area contributed by atoms with E-state index in [0.717, 1.165) is 0 Å². The first-order valence-electron chi connectivity index (χ1n) is 7.86. The highest BCUT2D eigenvalue weighted by Crippen LogP contribution is 2.24. The molecule has 3 aromatic heterocycles. The van der Waals surface area contributed by atoms with E-state index < -0.39 is 0 Å². The van der Waals surface area contributed by atoms with Crippen molar-refractivity contribution in [2.24, 2.45) is 0 Å². The van der Waals surface area contributed by atoms with Crippen LogP contribution in [0.1, 0.15) is 10.4 Å². The van der Waals surface area contributed by atoms with Gasteiger partial charge in [-0.05, 0) is 48.5 Å². The molecule has 2 N–H and O–H groups in total. The normalized spacial score (nSPS) is 10.5. The van der Waals surface area contributed by atoms with E-state index in [4.69, 9.17) is 9.15 Å². The van der Waals surface area contributed by atoms with Crippen molar-refractivity contribution < 1.29 is 13.9 Å². The molecule has 0 saturated heterocycles. The van der Waals surface area contributed by atoms with E-state index in [2.05, 4.69) is 20.5 Å². The summed E-state index contributed by atoms with van der Waals surface area (Å²) in [6.45, 7) is 0. The predicted octanol–water partition coefficient (Wildman–Crippen LogP) is 4.11. The Hall–Kier alpha value is -3.87. The molecule has 128 valence electrons. The molecule has 0 bridgehead atoms. The maximum absolute atomic E-state index is 12.5. The Labute approximate surface area is 148 Å². The summed E-state index contributed by atoms with van der Waals surface area (Å²) in [5.74, 6) is 1.56. The van der Waals surface area contributed by atoms with Gasteiger partial charge < -0.3 is 14.5 Å². The van der Waals surface area contributed by atoms with Crippen LogP contribution in [0.5, 0.6) is 11.5 Å². The molecule has 0 saturated carbocycles. The third-order valence-electron chi connectivity index (χ3n) is 3.63. The first-order valence-corrected chi connectivity index (χ1v) is 7.86. The average molecular weight is 346 g/mol. The largest absolute Gasteiger partial charge is 0.463 e. The molecule has 26 heavy (non-hydrogen) atoms. The summed E-state index contributed by atoms with van der Waals surface area (Å²) in [5, 5.41) is 9.54. The second-order valence-electron chi connectivity index (χ2n) is 5.41. The van der Waals surface area contributed by atoms with E-state index >= 15 is 0 Å². The first kappa shape index (κ1) is 15.6. The molecule has 0 aliphatic heterocycles. The Kier molecular flexibility index (Phi) is 4.17. The number of hydrogen-bond donors (Lipinski definition) is 2. The summed E-state index contributed by atoms with van der Waals surface area (Å²) in [5.41, 5.74) is 1.57. The first-order chi connectivity index (χ1) is 12.8. The van der Waals surface area contributed by atoms with E-state index in [9.17, 15) is 4.79 Å². The Bertz CT molecular complexity index is 993. The van der Waals surface area contributed by atoms with Crippen molar-refractivity contribution >= 4 is 11.6 Å². The summed E-state index contributed by atoms with van der Waals surface area (Å²) in [6.07, 6.45) is 6.31. The molecule has 4 rings (SSSR count). The Morgan fingerprint density at radius 3 is 2.65 bits per heavy atom. The second-order valence-corrected chi connectivity index (χ2v) is 5.41. The number of hydrogen-bond acceptors (Lipinski definition) is 5. The number of carbonyl (C=O) groups is 1. The van der Waals surface area contributed by atoms with Crippen molar-refractivity contribution in [3.63, 3.8) is 0 Å². The van der Waals surface area contributed by atoms with Gasteiger partial charge in [0.2, 0.25) is 0 Å². The van der Waals surface area contributed by atoms with Crippen LogP contribution in [0.4, 0.5) is 5.69 Å². The fourth-order valence-corrected chi connectivity index (χ4v) is 2.42.